The molecule has 0 bridgehead atoms. The van der Waals surface area contributed by atoms with Gasteiger partial charge in [0.2, 0.25) is 0 Å². The van der Waals surface area contributed by atoms with Crippen molar-refractivity contribution < 1.29 is 37.0 Å². The van der Waals surface area contributed by atoms with Gasteiger partial charge in [-0.15, -0.1) is 13.2 Å². The number of carbonyl (C=O) groups is 2. The van der Waals surface area contributed by atoms with Crippen molar-refractivity contribution >= 4 is 38.9 Å². The van der Waals surface area contributed by atoms with E-state index in [-0.39, 0.29) is 29.7 Å². The van der Waals surface area contributed by atoms with E-state index in [4.69, 9.17) is 9.47 Å². The molecular formula is C19H22BrF3N2O5. The highest BCUT2D eigenvalue weighted by Crippen LogP contribution is 2.35. The molecule has 166 valence electrons. The molecule has 0 aliphatic heterocycles. The molecule has 0 spiro atoms. The number of hydrogen-bond donors (Lipinski definition) is 2. The molecule has 0 saturated heterocycles. The van der Waals surface area contributed by atoms with Gasteiger partial charge in [-0.1, -0.05) is 0 Å². The minimum atomic E-state index is -4.87. The van der Waals surface area contributed by atoms with Gasteiger partial charge >= 0.3 is 18.4 Å². The highest BCUT2D eigenvalue weighted by molar-refractivity contribution is 9.10. The van der Waals surface area contributed by atoms with E-state index in [1.54, 1.807) is 27.7 Å². The lowest BCUT2D eigenvalue weighted by Gasteiger charge is -2.19. The van der Waals surface area contributed by atoms with Crippen molar-refractivity contribution in [1.29, 1.82) is 0 Å². The molecule has 2 N–H and O–H groups in total. The Balaban J connectivity index is 2.38. The fourth-order valence-corrected chi connectivity index (χ4v) is 3.25. The highest BCUT2D eigenvalue weighted by atomic mass is 79.9. The maximum absolute atomic E-state index is 12.7. The van der Waals surface area contributed by atoms with Crippen LogP contribution >= 0.6 is 15.9 Å². The van der Waals surface area contributed by atoms with Crippen molar-refractivity contribution in [2.45, 2.75) is 46.1 Å². The predicted molar refractivity (Wildman–Crippen MR) is 107 cm³/mol. The van der Waals surface area contributed by atoms with E-state index in [9.17, 15) is 22.8 Å². The summed E-state index contributed by atoms with van der Waals surface area (Å²) < 4.78 is 52.4. The van der Waals surface area contributed by atoms with E-state index >= 15 is 0 Å². The molecule has 7 nitrogen and oxygen atoms in total. The van der Waals surface area contributed by atoms with E-state index in [2.05, 4.69) is 31.0 Å². The molecule has 0 aliphatic rings. The molecule has 0 unspecified atom stereocenters. The quantitative estimate of drug-likeness (QED) is 0.547. The second-order valence-electron chi connectivity index (χ2n) is 7.25. The average molecular weight is 495 g/mol. The number of halogens is 4. The number of hydrogen-bond acceptors (Lipinski definition) is 5. The molecule has 0 atom stereocenters. The van der Waals surface area contributed by atoms with Gasteiger partial charge in [-0.3, -0.25) is 0 Å². The number of ether oxygens (including phenoxy) is 3. The van der Waals surface area contributed by atoms with Gasteiger partial charge in [0.25, 0.3) is 0 Å². The van der Waals surface area contributed by atoms with Crippen molar-refractivity contribution in [3.63, 3.8) is 0 Å². The van der Waals surface area contributed by atoms with E-state index in [1.165, 1.54) is 6.07 Å². The van der Waals surface area contributed by atoms with Crippen molar-refractivity contribution in [2.75, 3.05) is 13.2 Å². The largest absolute Gasteiger partial charge is 0.573 e. The Morgan fingerprint density at radius 3 is 2.43 bits per heavy atom. The summed E-state index contributed by atoms with van der Waals surface area (Å²) in [5.41, 5.74) is 0.186. The van der Waals surface area contributed by atoms with E-state index in [1.807, 2.05) is 0 Å². The summed E-state index contributed by atoms with van der Waals surface area (Å²) in [6.07, 6.45) is -5.39. The zero-order valence-electron chi connectivity index (χ0n) is 16.8. The number of aromatic nitrogens is 1. The normalized spacial score (nSPS) is 12.0. The third kappa shape index (κ3) is 6.54. The molecule has 1 aromatic heterocycles. The summed E-state index contributed by atoms with van der Waals surface area (Å²) in [5.74, 6) is -1.11. The molecule has 1 amide bonds. The Kier molecular flexibility index (Phi) is 7.27. The summed E-state index contributed by atoms with van der Waals surface area (Å²) in [7, 11) is 0. The molecule has 0 fully saturated rings. The Bertz CT molecular complexity index is 935. The van der Waals surface area contributed by atoms with Crippen LogP contribution in [0, 0.1) is 0 Å². The maximum atomic E-state index is 12.7. The first-order valence-corrected chi connectivity index (χ1v) is 9.84. The number of rotatable bonds is 6. The van der Waals surface area contributed by atoms with Gasteiger partial charge in [0.1, 0.15) is 17.0 Å². The standard InChI is InChI=1S/C19H22BrF3N2O5/c1-5-28-16(26)15-11(6-7-24-17(27)30-18(2,3)4)12-8-10(29-19(21,22)23)9-13(20)14(12)25-15/h8-9,25H,5-7H2,1-4H3,(H,24,27). The lowest BCUT2D eigenvalue weighted by atomic mass is 10.1. The number of fused-ring (bicyclic) bond motifs is 1. The van der Waals surface area contributed by atoms with Gasteiger partial charge in [0.05, 0.1) is 12.1 Å². The van der Waals surface area contributed by atoms with Gasteiger partial charge in [-0.2, -0.15) is 0 Å². The van der Waals surface area contributed by atoms with Crippen LogP contribution in [-0.2, 0) is 15.9 Å². The van der Waals surface area contributed by atoms with E-state index in [0.717, 1.165) is 6.07 Å². The van der Waals surface area contributed by atoms with Gasteiger partial charge in [0.15, 0.2) is 0 Å². The van der Waals surface area contributed by atoms with Crippen molar-refractivity contribution in [1.82, 2.24) is 10.3 Å². The number of alkyl carbamates (subject to hydrolysis) is 1. The van der Waals surface area contributed by atoms with Crippen LogP contribution in [0.5, 0.6) is 5.75 Å². The lowest BCUT2D eigenvalue weighted by molar-refractivity contribution is -0.274. The van der Waals surface area contributed by atoms with Gasteiger partial charge in [-0.05, 0) is 67.7 Å². The fraction of sp³-hybridized carbons (Fsp3) is 0.474. The number of amides is 1. The van der Waals surface area contributed by atoms with Crippen LogP contribution in [0.4, 0.5) is 18.0 Å². The van der Waals surface area contributed by atoms with E-state index < -0.39 is 29.8 Å². The lowest BCUT2D eigenvalue weighted by Crippen LogP contribution is -2.33. The SMILES string of the molecule is CCOC(=O)c1[nH]c2c(Br)cc(OC(F)(F)F)cc2c1CCNC(=O)OC(C)(C)C. The van der Waals surface area contributed by atoms with Crippen LogP contribution < -0.4 is 10.1 Å². The number of nitrogens with one attached hydrogen (secondary N) is 2. The Labute approximate surface area is 179 Å². The summed E-state index contributed by atoms with van der Waals surface area (Å²) in [6, 6.07) is 2.32. The first kappa shape index (κ1) is 23.8. The molecule has 0 radical (unpaired) electrons. The number of alkyl halides is 3. The number of carbonyl (C=O) groups excluding carboxylic acids is 2. The second kappa shape index (κ2) is 9.15. The molecule has 0 aliphatic carbocycles. The molecule has 30 heavy (non-hydrogen) atoms. The topological polar surface area (TPSA) is 89.7 Å². The summed E-state index contributed by atoms with van der Waals surface area (Å²) in [5, 5.41) is 2.89. The van der Waals surface area contributed by atoms with Crippen LogP contribution in [0.25, 0.3) is 10.9 Å². The molecule has 0 saturated carbocycles. The van der Waals surface area contributed by atoms with Crippen molar-refractivity contribution in [2.24, 2.45) is 0 Å². The van der Waals surface area contributed by atoms with Crippen molar-refractivity contribution in [3.8, 4) is 5.75 Å². The minimum Gasteiger partial charge on any atom is -0.461 e. The zero-order valence-corrected chi connectivity index (χ0v) is 18.4. The first-order valence-electron chi connectivity index (χ1n) is 9.04. The zero-order chi connectivity index (χ0) is 22.7. The number of H-pyrrole nitrogens is 1. The fourth-order valence-electron chi connectivity index (χ4n) is 2.72. The molecular weight excluding hydrogens is 473 g/mol. The summed E-state index contributed by atoms with van der Waals surface area (Å²) >= 11 is 3.19. The summed E-state index contributed by atoms with van der Waals surface area (Å²) in [6.45, 7) is 6.97. The van der Waals surface area contributed by atoms with Gasteiger partial charge in [-0.25, -0.2) is 9.59 Å². The average Bonchev–Trinajstić information content (AvgIpc) is 2.91. The third-order valence-corrected chi connectivity index (χ3v) is 4.32. The van der Waals surface area contributed by atoms with E-state index in [0.29, 0.717) is 16.5 Å². The van der Waals surface area contributed by atoms with Crippen molar-refractivity contribution in [3.05, 3.63) is 27.9 Å². The predicted octanol–water partition coefficient (Wildman–Crippen LogP) is 5.07. The molecule has 1 heterocycles. The van der Waals surface area contributed by atoms with Crippen LogP contribution in [0.3, 0.4) is 0 Å². The second-order valence-corrected chi connectivity index (χ2v) is 8.11. The Hall–Kier alpha value is -2.43. The van der Waals surface area contributed by atoms with Crippen LogP contribution in [0.2, 0.25) is 0 Å². The number of aromatic amines is 1. The van der Waals surface area contributed by atoms with Gasteiger partial charge in [0, 0.05) is 16.4 Å². The van der Waals surface area contributed by atoms with Crippen LogP contribution in [-0.4, -0.2) is 42.2 Å². The Morgan fingerprint density at radius 1 is 1.20 bits per heavy atom. The summed E-state index contributed by atoms with van der Waals surface area (Å²) in [4.78, 5) is 27.1. The molecule has 2 aromatic rings. The van der Waals surface area contributed by atoms with Crippen LogP contribution in [0.1, 0.15) is 43.7 Å². The minimum absolute atomic E-state index is 0.0796. The third-order valence-electron chi connectivity index (χ3n) is 3.70. The molecule has 11 heteroatoms. The number of esters is 1. The van der Waals surface area contributed by atoms with Crippen LogP contribution in [0.15, 0.2) is 16.6 Å². The first-order chi connectivity index (χ1) is 13.8. The highest BCUT2D eigenvalue weighted by Gasteiger charge is 2.32. The van der Waals surface area contributed by atoms with Gasteiger partial charge < -0.3 is 24.5 Å². The Morgan fingerprint density at radius 2 is 1.87 bits per heavy atom. The smallest absolute Gasteiger partial charge is 0.461 e. The monoisotopic (exact) mass is 494 g/mol. The molecule has 2 rings (SSSR count). The number of benzene rings is 1. The molecule has 1 aromatic carbocycles. The maximum Gasteiger partial charge on any atom is 0.573 e.